The Balaban J connectivity index is 2.12. The van der Waals surface area contributed by atoms with Gasteiger partial charge >= 0.3 is 0 Å². The number of nitrogens with zero attached hydrogens (tertiary/aromatic N) is 1. The molecule has 2 aromatic carbocycles. The Bertz CT molecular complexity index is 780. The highest BCUT2D eigenvalue weighted by Crippen LogP contribution is 2.21. The zero-order valence-electron chi connectivity index (χ0n) is 10.5. The third-order valence-corrected chi connectivity index (χ3v) is 3.03. The molecule has 0 saturated carbocycles. The average Bonchev–Trinajstić information content (AvgIpc) is 2.50. The lowest BCUT2D eigenvalue weighted by Gasteiger charge is -2.04. The lowest BCUT2D eigenvalue weighted by atomic mass is 10.0. The van der Waals surface area contributed by atoms with Crippen molar-refractivity contribution in [2.24, 2.45) is 0 Å². The molecule has 0 atom stereocenters. The fourth-order valence-electron chi connectivity index (χ4n) is 2.01. The summed E-state index contributed by atoms with van der Waals surface area (Å²) in [5.74, 6) is -0.331. The number of benzene rings is 2. The van der Waals surface area contributed by atoms with Crippen LogP contribution < -0.4 is 5.56 Å². The normalized spacial score (nSPS) is 10.4. The first kappa shape index (κ1) is 12.3. The van der Waals surface area contributed by atoms with Crippen LogP contribution in [0.5, 0.6) is 0 Å². The molecule has 4 heteroatoms. The van der Waals surface area contributed by atoms with E-state index >= 15 is 0 Å². The van der Waals surface area contributed by atoms with Crippen LogP contribution in [0.3, 0.4) is 0 Å². The van der Waals surface area contributed by atoms with Crippen LogP contribution in [0.1, 0.15) is 0 Å². The number of hydrogen-bond donors (Lipinski definition) is 1. The van der Waals surface area contributed by atoms with Crippen molar-refractivity contribution >= 4 is 0 Å². The molecule has 0 amide bonds. The number of rotatable bonds is 2. The maximum atomic E-state index is 12.9. The Morgan fingerprint density at radius 3 is 2.30 bits per heavy atom. The van der Waals surface area contributed by atoms with Crippen molar-refractivity contribution in [3.05, 3.63) is 76.8 Å². The second-order valence-electron chi connectivity index (χ2n) is 4.37. The third kappa shape index (κ3) is 2.36. The minimum absolute atomic E-state index is 0.295. The van der Waals surface area contributed by atoms with Crippen molar-refractivity contribution in [3.8, 4) is 22.4 Å². The Labute approximate surface area is 114 Å². The maximum absolute atomic E-state index is 12.9. The van der Waals surface area contributed by atoms with Crippen LogP contribution in [-0.4, -0.2) is 10.2 Å². The first-order valence-electron chi connectivity index (χ1n) is 6.15. The Kier molecular flexibility index (Phi) is 3.13. The van der Waals surface area contributed by atoms with Gasteiger partial charge < -0.3 is 0 Å². The first-order chi connectivity index (χ1) is 9.74. The third-order valence-electron chi connectivity index (χ3n) is 3.03. The van der Waals surface area contributed by atoms with Crippen molar-refractivity contribution < 1.29 is 4.39 Å². The van der Waals surface area contributed by atoms with Crippen molar-refractivity contribution in [2.45, 2.75) is 0 Å². The van der Waals surface area contributed by atoms with E-state index in [0.717, 1.165) is 5.56 Å². The molecule has 0 radical (unpaired) electrons. The van der Waals surface area contributed by atoms with Gasteiger partial charge in [0.05, 0.1) is 11.3 Å². The van der Waals surface area contributed by atoms with Gasteiger partial charge in [-0.2, -0.15) is 5.10 Å². The number of aromatic amines is 1. The standard InChI is InChI=1S/C16H11FN2O/c17-13-8-6-11(7-9-13)14-10-15(18-19-16(14)20)12-4-2-1-3-5-12/h1-10H,(H,19,20). The van der Waals surface area contributed by atoms with E-state index in [9.17, 15) is 9.18 Å². The van der Waals surface area contributed by atoms with Crippen LogP contribution in [0, 0.1) is 5.82 Å². The molecular weight excluding hydrogens is 255 g/mol. The number of nitrogens with one attached hydrogen (secondary N) is 1. The van der Waals surface area contributed by atoms with Crippen LogP contribution >= 0.6 is 0 Å². The van der Waals surface area contributed by atoms with E-state index in [-0.39, 0.29) is 11.4 Å². The van der Waals surface area contributed by atoms with E-state index in [1.165, 1.54) is 12.1 Å². The predicted octanol–water partition coefficient (Wildman–Crippen LogP) is 3.24. The highest BCUT2D eigenvalue weighted by Gasteiger charge is 2.07. The van der Waals surface area contributed by atoms with Gasteiger partial charge in [0.1, 0.15) is 5.82 Å². The van der Waals surface area contributed by atoms with E-state index in [2.05, 4.69) is 10.2 Å². The summed E-state index contributed by atoms with van der Waals surface area (Å²) < 4.78 is 12.9. The number of hydrogen-bond acceptors (Lipinski definition) is 2. The SMILES string of the molecule is O=c1[nH]nc(-c2ccccc2)cc1-c1ccc(F)cc1. The molecule has 1 N–H and O–H groups in total. The summed E-state index contributed by atoms with van der Waals surface area (Å²) in [7, 11) is 0. The predicted molar refractivity (Wildman–Crippen MR) is 75.7 cm³/mol. The highest BCUT2D eigenvalue weighted by molar-refractivity contribution is 5.69. The molecule has 1 heterocycles. The van der Waals surface area contributed by atoms with Gasteiger partial charge in [0, 0.05) is 5.56 Å². The van der Waals surface area contributed by atoms with Crippen molar-refractivity contribution in [3.63, 3.8) is 0 Å². The van der Waals surface area contributed by atoms with Crippen LogP contribution in [0.2, 0.25) is 0 Å². The molecule has 1 aromatic heterocycles. The van der Waals surface area contributed by atoms with Gasteiger partial charge in [-0.15, -0.1) is 0 Å². The number of halogens is 1. The van der Waals surface area contributed by atoms with Crippen LogP contribution in [0.4, 0.5) is 4.39 Å². The van der Waals surface area contributed by atoms with Gasteiger partial charge in [-0.05, 0) is 23.8 Å². The molecule has 0 bridgehead atoms. The fraction of sp³-hybridized carbons (Fsp3) is 0. The average molecular weight is 266 g/mol. The van der Waals surface area contributed by atoms with Gasteiger partial charge in [0.25, 0.3) is 5.56 Å². The van der Waals surface area contributed by atoms with Crippen molar-refractivity contribution in [2.75, 3.05) is 0 Å². The summed E-state index contributed by atoms with van der Waals surface area (Å²) >= 11 is 0. The largest absolute Gasteiger partial charge is 0.272 e. The number of aromatic nitrogens is 2. The zero-order valence-corrected chi connectivity index (χ0v) is 10.5. The molecular formula is C16H11FN2O. The monoisotopic (exact) mass is 266 g/mol. The van der Waals surface area contributed by atoms with Gasteiger partial charge in [-0.25, -0.2) is 9.49 Å². The summed E-state index contributed by atoms with van der Waals surface area (Å²) in [6.45, 7) is 0. The van der Waals surface area contributed by atoms with Crippen molar-refractivity contribution in [1.29, 1.82) is 0 Å². The number of H-pyrrole nitrogens is 1. The topological polar surface area (TPSA) is 45.8 Å². The summed E-state index contributed by atoms with van der Waals surface area (Å²) in [5.41, 5.74) is 2.42. The molecule has 0 aliphatic rings. The highest BCUT2D eigenvalue weighted by atomic mass is 19.1. The van der Waals surface area contributed by atoms with Gasteiger partial charge in [-0.3, -0.25) is 4.79 Å². The molecule has 20 heavy (non-hydrogen) atoms. The van der Waals surface area contributed by atoms with E-state index in [1.54, 1.807) is 18.2 Å². The molecule has 0 aliphatic heterocycles. The lowest BCUT2D eigenvalue weighted by Crippen LogP contribution is -2.11. The molecule has 0 aliphatic carbocycles. The Morgan fingerprint density at radius 1 is 0.900 bits per heavy atom. The van der Waals surface area contributed by atoms with E-state index in [4.69, 9.17) is 0 Å². The molecule has 0 fully saturated rings. The van der Waals surface area contributed by atoms with Crippen LogP contribution in [0.15, 0.2) is 65.5 Å². The maximum Gasteiger partial charge on any atom is 0.272 e. The Hall–Kier alpha value is -2.75. The Morgan fingerprint density at radius 2 is 1.60 bits per heavy atom. The minimum Gasteiger partial charge on any atom is -0.267 e. The van der Waals surface area contributed by atoms with Crippen molar-refractivity contribution in [1.82, 2.24) is 10.2 Å². The summed E-state index contributed by atoms with van der Waals surface area (Å²) in [5, 5.41) is 6.52. The quantitative estimate of drug-likeness (QED) is 0.774. The summed E-state index contributed by atoms with van der Waals surface area (Å²) in [4.78, 5) is 11.9. The van der Waals surface area contributed by atoms with Gasteiger partial charge in [0.2, 0.25) is 0 Å². The molecule has 0 unspecified atom stereocenters. The summed E-state index contributed by atoms with van der Waals surface area (Å²) in [6, 6.07) is 17.1. The van der Waals surface area contributed by atoms with Gasteiger partial charge in [-0.1, -0.05) is 42.5 Å². The van der Waals surface area contributed by atoms with E-state index in [0.29, 0.717) is 16.8 Å². The molecule has 3 rings (SSSR count). The van der Waals surface area contributed by atoms with E-state index < -0.39 is 0 Å². The molecule has 0 saturated heterocycles. The first-order valence-corrected chi connectivity index (χ1v) is 6.15. The molecule has 0 spiro atoms. The second-order valence-corrected chi connectivity index (χ2v) is 4.37. The second kappa shape index (κ2) is 5.09. The molecule has 3 nitrogen and oxygen atoms in total. The minimum atomic E-state index is -0.331. The molecule has 3 aromatic rings. The van der Waals surface area contributed by atoms with Crippen LogP contribution in [-0.2, 0) is 0 Å². The lowest BCUT2D eigenvalue weighted by molar-refractivity contribution is 0.628. The van der Waals surface area contributed by atoms with Gasteiger partial charge in [0.15, 0.2) is 0 Å². The fourth-order valence-corrected chi connectivity index (χ4v) is 2.01. The summed E-state index contributed by atoms with van der Waals surface area (Å²) in [6.07, 6.45) is 0. The van der Waals surface area contributed by atoms with E-state index in [1.807, 2.05) is 30.3 Å². The zero-order chi connectivity index (χ0) is 13.9. The smallest absolute Gasteiger partial charge is 0.267 e. The van der Waals surface area contributed by atoms with Crippen LogP contribution in [0.25, 0.3) is 22.4 Å². The molecule has 98 valence electrons.